The van der Waals surface area contributed by atoms with Gasteiger partial charge >= 0.3 is 11.7 Å². The van der Waals surface area contributed by atoms with Gasteiger partial charge in [-0.05, 0) is 62.2 Å². The number of carboxylic acids is 1. The van der Waals surface area contributed by atoms with E-state index in [9.17, 15) is 14.7 Å². The van der Waals surface area contributed by atoms with Crippen LogP contribution in [0.2, 0.25) is 0 Å². The first-order valence-electron chi connectivity index (χ1n) is 8.60. The predicted molar refractivity (Wildman–Crippen MR) is 108 cm³/mol. The van der Waals surface area contributed by atoms with Gasteiger partial charge in [-0.15, -0.1) is 0 Å². The number of hydrogen-bond donors (Lipinski definition) is 1. The zero-order chi connectivity index (χ0) is 20.5. The van der Waals surface area contributed by atoms with Crippen molar-refractivity contribution in [3.8, 4) is 11.4 Å². The summed E-state index contributed by atoms with van der Waals surface area (Å²) >= 11 is 3.37. The lowest BCUT2D eigenvalue weighted by Crippen LogP contribution is -2.38. The van der Waals surface area contributed by atoms with Gasteiger partial charge < -0.3 is 9.84 Å². The third-order valence-electron chi connectivity index (χ3n) is 4.29. The van der Waals surface area contributed by atoms with Gasteiger partial charge in [0.25, 0.3) is 0 Å². The van der Waals surface area contributed by atoms with Crippen LogP contribution in [0.1, 0.15) is 25.0 Å². The molecule has 0 bridgehead atoms. The quantitative estimate of drug-likeness (QED) is 0.628. The number of benzene rings is 2. The minimum absolute atomic E-state index is 0.243. The maximum absolute atomic E-state index is 12.6. The van der Waals surface area contributed by atoms with Crippen LogP contribution in [0.25, 0.3) is 5.69 Å². The van der Waals surface area contributed by atoms with Gasteiger partial charge in [0.15, 0.2) is 5.60 Å². The Morgan fingerprint density at radius 1 is 1.21 bits per heavy atom. The van der Waals surface area contributed by atoms with Crippen LogP contribution in [0.15, 0.2) is 58.1 Å². The lowest BCUT2D eigenvalue weighted by Gasteiger charge is -2.23. The lowest BCUT2D eigenvalue weighted by atomic mass is 10.1. The van der Waals surface area contributed by atoms with E-state index in [0.717, 1.165) is 21.3 Å². The second-order valence-corrected chi connectivity index (χ2v) is 7.85. The molecule has 28 heavy (non-hydrogen) atoms. The van der Waals surface area contributed by atoms with Crippen LogP contribution in [0, 0.1) is 6.92 Å². The van der Waals surface area contributed by atoms with Crippen molar-refractivity contribution in [2.75, 3.05) is 0 Å². The number of aryl methyl sites for hydroxylation is 1. The number of aromatic nitrogens is 3. The van der Waals surface area contributed by atoms with Crippen molar-refractivity contribution < 1.29 is 14.6 Å². The van der Waals surface area contributed by atoms with Crippen molar-refractivity contribution >= 4 is 21.9 Å². The Bertz CT molecular complexity index is 1070. The molecule has 0 saturated carbocycles. The molecule has 0 aliphatic rings. The number of aliphatic carboxylic acids is 1. The highest BCUT2D eigenvalue weighted by Crippen LogP contribution is 2.24. The van der Waals surface area contributed by atoms with E-state index in [1.165, 1.54) is 29.4 Å². The van der Waals surface area contributed by atoms with E-state index in [0.29, 0.717) is 12.3 Å². The number of nitrogens with zero attached hydrogens (tertiary/aromatic N) is 3. The van der Waals surface area contributed by atoms with Crippen LogP contribution in [0.4, 0.5) is 0 Å². The average molecular weight is 446 g/mol. The molecule has 3 rings (SSSR count). The lowest BCUT2D eigenvalue weighted by molar-refractivity contribution is -0.152. The first kappa shape index (κ1) is 19.9. The van der Waals surface area contributed by atoms with E-state index in [1.807, 2.05) is 37.3 Å². The molecule has 1 heterocycles. The number of hydrogen-bond acceptors (Lipinski definition) is 4. The van der Waals surface area contributed by atoms with Crippen molar-refractivity contribution in [1.29, 1.82) is 0 Å². The molecule has 0 aliphatic heterocycles. The van der Waals surface area contributed by atoms with Gasteiger partial charge in [0, 0.05) is 4.47 Å². The molecule has 0 fully saturated rings. The van der Waals surface area contributed by atoms with E-state index in [1.54, 1.807) is 12.1 Å². The van der Waals surface area contributed by atoms with Gasteiger partial charge in [0.05, 0.1) is 12.2 Å². The summed E-state index contributed by atoms with van der Waals surface area (Å²) in [6.07, 6.45) is 1.49. The number of carbonyl (C=O) groups is 1. The van der Waals surface area contributed by atoms with E-state index in [4.69, 9.17) is 4.74 Å². The first-order valence-corrected chi connectivity index (χ1v) is 9.39. The molecular formula is C20H20BrN3O4. The summed E-state index contributed by atoms with van der Waals surface area (Å²) in [6, 6.07) is 12.8. The van der Waals surface area contributed by atoms with Crippen molar-refractivity contribution in [3.63, 3.8) is 0 Å². The SMILES string of the molecule is Cc1cc(Cn2ncn(-c3ccc(Br)cc3)c2=O)ccc1OC(C)(C)C(=O)O. The van der Waals surface area contributed by atoms with E-state index >= 15 is 0 Å². The molecule has 3 aromatic rings. The summed E-state index contributed by atoms with van der Waals surface area (Å²) < 4.78 is 9.39. The summed E-state index contributed by atoms with van der Waals surface area (Å²) in [7, 11) is 0. The maximum Gasteiger partial charge on any atom is 0.350 e. The van der Waals surface area contributed by atoms with Crippen LogP contribution in [0.5, 0.6) is 5.75 Å². The summed E-state index contributed by atoms with van der Waals surface area (Å²) in [4.78, 5) is 23.9. The average Bonchev–Trinajstić information content (AvgIpc) is 2.98. The zero-order valence-corrected chi connectivity index (χ0v) is 17.3. The minimum atomic E-state index is -1.33. The zero-order valence-electron chi connectivity index (χ0n) is 15.7. The summed E-state index contributed by atoms with van der Waals surface area (Å²) in [5, 5.41) is 13.4. The summed E-state index contributed by atoms with van der Waals surface area (Å²) in [5.74, 6) is -0.551. The van der Waals surface area contributed by atoms with Crippen molar-refractivity contribution in [2.45, 2.75) is 32.9 Å². The van der Waals surface area contributed by atoms with Crippen molar-refractivity contribution in [1.82, 2.24) is 14.3 Å². The summed E-state index contributed by atoms with van der Waals surface area (Å²) in [6.45, 7) is 5.12. The molecular weight excluding hydrogens is 426 g/mol. The highest BCUT2D eigenvalue weighted by Gasteiger charge is 2.29. The van der Waals surface area contributed by atoms with Crippen LogP contribution in [-0.4, -0.2) is 31.0 Å². The highest BCUT2D eigenvalue weighted by molar-refractivity contribution is 9.10. The molecule has 146 valence electrons. The number of carboxylic acid groups (broad SMARTS) is 1. The Balaban J connectivity index is 1.81. The Labute approximate surface area is 170 Å². The van der Waals surface area contributed by atoms with E-state index < -0.39 is 11.6 Å². The van der Waals surface area contributed by atoms with Gasteiger partial charge in [0.1, 0.15) is 12.1 Å². The van der Waals surface area contributed by atoms with Gasteiger partial charge in [-0.3, -0.25) is 0 Å². The molecule has 7 nitrogen and oxygen atoms in total. The Kier molecular flexibility index (Phi) is 5.42. The van der Waals surface area contributed by atoms with Gasteiger partial charge in [-0.1, -0.05) is 28.1 Å². The molecule has 0 saturated heterocycles. The fraction of sp³-hybridized carbons (Fsp3) is 0.250. The smallest absolute Gasteiger partial charge is 0.350 e. The topological polar surface area (TPSA) is 86.4 Å². The molecule has 8 heteroatoms. The van der Waals surface area contributed by atoms with Crippen LogP contribution >= 0.6 is 15.9 Å². The largest absolute Gasteiger partial charge is 0.478 e. The highest BCUT2D eigenvalue weighted by atomic mass is 79.9. The fourth-order valence-corrected chi connectivity index (χ4v) is 2.90. The van der Waals surface area contributed by atoms with E-state index in [2.05, 4.69) is 21.0 Å². The van der Waals surface area contributed by atoms with E-state index in [-0.39, 0.29) is 5.69 Å². The number of rotatable bonds is 6. The van der Waals surface area contributed by atoms with Crippen LogP contribution < -0.4 is 10.4 Å². The van der Waals surface area contributed by atoms with Gasteiger partial charge in [-0.25, -0.2) is 18.8 Å². The second-order valence-electron chi connectivity index (χ2n) is 6.93. The maximum atomic E-state index is 12.6. The molecule has 0 aliphatic carbocycles. The third kappa shape index (κ3) is 4.17. The monoisotopic (exact) mass is 445 g/mol. The second kappa shape index (κ2) is 7.63. The molecule has 1 N–H and O–H groups in total. The molecule has 0 amide bonds. The predicted octanol–water partition coefficient (Wildman–Crippen LogP) is 3.40. The first-order chi connectivity index (χ1) is 13.2. The summed E-state index contributed by atoms with van der Waals surface area (Å²) in [5.41, 5.74) is 0.808. The van der Waals surface area contributed by atoms with Crippen molar-refractivity contribution in [3.05, 3.63) is 74.9 Å². The van der Waals surface area contributed by atoms with Crippen molar-refractivity contribution in [2.24, 2.45) is 0 Å². The number of ether oxygens (including phenoxy) is 1. The molecule has 0 radical (unpaired) electrons. The Morgan fingerprint density at radius 3 is 2.50 bits per heavy atom. The standard InChI is InChI=1S/C20H20BrN3O4/c1-13-10-14(4-9-17(13)28-20(2,3)18(25)26)11-24-19(27)23(12-22-24)16-7-5-15(21)6-8-16/h4-10,12H,11H2,1-3H3,(H,25,26). The molecule has 0 spiro atoms. The van der Waals surface area contributed by atoms with Gasteiger partial charge in [-0.2, -0.15) is 5.10 Å². The molecule has 2 aromatic carbocycles. The van der Waals surface area contributed by atoms with Crippen LogP contribution in [0.3, 0.4) is 0 Å². The van der Waals surface area contributed by atoms with Gasteiger partial charge in [0.2, 0.25) is 0 Å². The normalized spacial score (nSPS) is 11.4. The Morgan fingerprint density at radius 2 is 1.89 bits per heavy atom. The minimum Gasteiger partial charge on any atom is -0.478 e. The van der Waals surface area contributed by atoms with Crippen LogP contribution in [-0.2, 0) is 11.3 Å². The molecule has 1 aromatic heterocycles. The molecule has 0 atom stereocenters. The number of halogens is 1. The fourth-order valence-electron chi connectivity index (χ4n) is 2.64. The molecule has 0 unspecified atom stereocenters. The Hall–Kier alpha value is -2.87. The third-order valence-corrected chi connectivity index (χ3v) is 4.82.